The smallest absolute Gasteiger partial charge is 0.320 e. The molecule has 2 fully saturated rings. The number of hydrogen-bond acceptors (Lipinski definition) is 5. The minimum atomic E-state index is -0.197. The van der Waals surface area contributed by atoms with Gasteiger partial charge in [0.15, 0.2) is 0 Å². The molecule has 0 unspecified atom stereocenters. The monoisotopic (exact) mass is 581 g/mol. The van der Waals surface area contributed by atoms with Gasteiger partial charge in [0.1, 0.15) is 5.75 Å². The molecule has 1 aliphatic carbocycles. The van der Waals surface area contributed by atoms with Crippen LogP contribution in [-0.2, 0) is 33.8 Å². The highest BCUT2D eigenvalue weighted by Gasteiger charge is 2.43. The number of esters is 1. The normalized spacial score (nSPS) is 19.8. The number of hydrogen-bond donors (Lipinski definition) is 1. The molecule has 2 heterocycles. The van der Waals surface area contributed by atoms with Gasteiger partial charge < -0.3 is 24.6 Å². The number of likely N-dealkylation sites (tertiary alicyclic amines) is 1. The highest BCUT2D eigenvalue weighted by atomic mass is 16.5. The first-order valence-electron chi connectivity index (χ1n) is 15.2. The predicted molar refractivity (Wildman–Crippen MR) is 163 cm³/mol. The number of methoxy groups -OCH3 is 2. The van der Waals surface area contributed by atoms with Crippen LogP contribution in [0.5, 0.6) is 5.75 Å². The van der Waals surface area contributed by atoms with E-state index >= 15 is 0 Å². The number of fused-ring (bicyclic) bond motifs is 1. The van der Waals surface area contributed by atoms with Crippen LogP contribution in [0.2, 0.25) is 0 Å². The van der Waals surface area contributed by atoms with E-state index in [-0.39, 0.29) is 35.7 Å². The Morgan fingerprint density at radius 3 is 2.42 bits per heavy atom. The molecular weight excluding hydrogens is 542 g/mol. The molecule has 3 aromatic rings. The van der Waals surface area contributed by atoms with E-state index in [4.69, 9.17) is 9.47 Å². The van der Waals surface area contributed by atoms with E-state index in [1.165, 1.54) is 18.2 Å². The average Bonchev–Trinajstić information content (AvgIpc) is 3.88. The topological polar surface area (TPSA) is 88.2 Å². The maximum absolute atomic E-state index is 13.6. The maximum atomic E-state index is 13.6. The Morgan fingerprint density at radius 1 is 0.884 bits per heavy atom. The molecule has 3 aromatic carbocycles. The first-order chi connectivity index (χ1) is 21.0. The second kappa shape index (κ2) is 12.5. The molecule has 43 heavy (non-hydrogen) atoms. The molecule has 8 heteroatoms. The van der Waals surface area contributed by atoms with Gasteiger partial charge in [-0.25, -0.2) is 4.79 Å². The zero-order chi connectivity index (χ0) is 29.9. The molecule has 1 saturated carbocycles. The number of benzene rings is 3. The van der Waals surface area contributed by atoms with Gasteiger partial charge in [0.25, 0.3) is 0 Å². The maximum Gasteiger partial charge on any atom is 0.320 e. The highest BCUT2D eigenvalue weighted by Crippen LogP contribution is 2.47. The van der Waals surface area contributed by atoms with E-state index < -0.39 is 0 Å². The summed E-state index contributed by atoms with van der Waals surface area (Å²) in [5.74, 6) is 0.809. The number of piperidine rings is 1. The summed E-state index contributed by atoms with van der Waals surface area (Å²) in [6, 6.07) is 22.5. The van der Waals surface area contributed by atoms with Crippen LogP contribution in [0.3, 0.4) is 0 Å². The van der Waals surface area contributed by atoms with Crippen LogP contribution in [0.25, 0.3) is 11.1 Å². The molecule has 3 amide bonds. The lowest BCUT2D eigenvalue weighted by molar-refractivity contribution is -0.146. The Kier molecular flexibility index (Phi) is 8.36. The van der Waals surface area contributed by atoms with Crippen molar-refractivity contribution < 1.29 is 23.9 Å². The molecule has 3 aliphatic rings. The summed E-state index contributed by atoms with van der Waals surface area (Å²) < 4.78 is 10.4. The molecule has 1 saturated heterocycles. The quantitative estimate of drug-likeness (QED) is 0.390. The van der Waals surface area contributed by atoms with Crippen molar-refractivity contribution in [2.24, 2.45) is 11.8 Å². The fraction of sp³-hybridized carbons (Fsp3) is 0.400. The van der Waals surface area contributed by atoms with Gasteiger partial charge >= 0.3 is 12.0 Å². The predicted octanol–water partition coefficient (Wildman–Crippen LogP) is 5.15. The summed E-state index contributed by atoms with van der Waals surface area (Å²) in [4.78, 5) is 42.5. The molecule has 2 aliphatic heterocycles. The minimum absolute atomic E-state index is 0.000256. The van der Waals surface area contributed by atoms with Gasteiger partial charge in [-0.3, -0.25) is 9.59 Å². The van der Waals surface area contributed by atoms with E-state index in [9.17, 15) is 14.4 Å². The van der Waals surface area contributed by atoms with Crippen molar-refractivity contribution in [1.82, 2.24) is 15.1 Å². The van der Waals surface area contributed by atoms with Gasteiger partial charge in [0.05, 0.1) is 20.1 Å². The summed E-state index contributed by atoms with van der Waals surface area (Å²) in [5, 5.41) is 3.20. The molecule has 8 nitrogen and oxygen atoms in total. The van der Waals surface area contributed by atoms with Gasteiger partial charge in [0, 0.05) is 38.6 Å². The van der Waals surface area contributed by atoms with Gasteiger partial charge in [-0.15, -0.1) is 0 Å². The van der Waals surface area contributed by atoms with Crippen LogP contribution >= 0.6 is 0 Å². The molecule has 1 N–H and O–H groups in total. The number of nitrogens with zero attached hydrogens (tertiary/aromatic N) is 2. The lowest BCUT2D eigenvalue weighted by atomic mass is 9.87. The Balaban J connectivity index is 1.21. The summed E-state index contributed by atoms with van der Waals surface area (Å²) in [5.41, 5.74) is 6.75. The fourth-order valence-electron chi connectivity index (χ4n) is 6.67. The molecule has 0 bridgehead atoms. The number of urea groups is 1. The van der Waals surface area contributed by atoms with Crippen LogP contribution in [0.15, 0.2) is 66.7 Å². The van der Waals surface area contributed by atoms with E-state index in [0.717, 1.165) is 34.4 Å². The van der Waals surface area contributed by atoms with Gasteiger partial charge in [-0.1, -0.05) is 54.6 Å². The van der Waals surface area contributed by atoms with Crippen molar-refractivity contribution in [3.63, 3.8) is 0 Å². The lowest BCUT2D eigenvalue weighted by Crippen LogP contribution is -2.49. The van der Waals surface area contributed by atoms with E-state index in [1.54, 1.807) is 7.11 Å². The fourth-order valence-corrected chi connectivity index (χ4v) is 6.67. The van der Waals surface area contributed by atoms with Crippen LogP contribution in [-0.4, -0.2) is 61.6 Å². The first kappa shape index (κ1) is 28.8. The molecule has 0 radical (unpaired) electrons. The van der Waals surface area contributed by atoms with Crippen molar-refractivity contribution in [3.05, 3.63) is 89.0 Å². The Labute approximate surface area is 253 Å². The molecular formula is C35H39N3O5. The Morgan fingerprint density at radius 2 is 1.67 bits per heavy atom. The zero-order valence-corrected chi connectivity index (χ0v) is 24.9. The molecule has 6 rings (SSSR count). The number of carbonyl (C=O) groups excluding carboxylic acids is 3. The number of carbonyl (C=O) groups is 3. The number of rotatable bonds is 7. The minimum Gasteiger partial charge on any atom is -0.497 e. The van der Waals surface area contributed by atoms with Crippen LogP contribution in [0.4, 0.5) is 4.79 Å². The average molecular weight is 582 g/mol. The number of nitrogens with one attached hydrogen (secondary N) is 1. The first-order valence-corrected chi connectivity index (χ1v) is 15.2. The van der Waals surface area contributed by atoms with Crippen molar-refractivity contribution >= 4 is 17.9 Å². The van der Waals surface area contributed by atoms with Gasteiger partial charge in [-0.2, -0.15) is 0 Å². The third-order valence-corrected chi connectivity index (χ3v) is 9.27. The second-order valence-electron chi connectivity index (χ2n) is 11.8. The molecule has 0 aromatic heterocycles. The Bertz CT molecular complexity index is 1500. The summed E-state index contributed by atoms with van der Waals surface area (Å²) >= 11 is 0. The number of amides is 3. The van der Waals surface area contributed by atoms with Gasteiger partial charge in [0.2, 0.25) is 5.91 Å². The van der Waals surface area contributed by atoms with Crippen LogP contribution < -0.4 is 10.1 Å². The summed E-state index contributed by atoms with van der Waals surface area (Å²) in [6.07, 6.45) is 2.82. The molecule has 2 atom stereocenters. The van der Waals surface area contributed by atoms with E-state index in [2.05, 4.69) is 35.6 Å². The van der Waals surface area contributed by atoms with Crippen molar-refractivity contribution in [2.45, 2.75) is 44.7 Å². The Hall–Kier alpha value is -4.33. The largest absolute Gasteiger partial charge is 0.497 e. The van der Waals surface area contributed by atoms with Crippen LogP contribution in [0.1, 0.15) is 47.4 Å². The van der Waals surface area contributed by atoms with Crippen molar-refractivity contribution in [1.29, 1.82) is 0 Å². The molecule has 0 spiro atoms. The lowest BCUT2D eigenvalue weighted by Gasteiger charge is -2.38. The van der Waals surface area contributed by atoms with Gasteiger partial charge in [-0.05, 0) is 77.1 Å². The SMILES string of the molecule is COC(=O)C1CCN(C(=O)N2CCc3c(-c4cccc(OC)c4)ccc(CNC(=O)[C@H]4C[C@@H]4c4ccccc4)c3C2)CC1. The molecule has 224 valence electrons. The van der Waals surface area contributed by atoms with Crippen molar-refractivity contribution in [2.75, 3.05) is 33.9 Å². The third kappa shape index (κ3) is 6.10. The number of ether oxygens (including phenoxy) is 2. The van der Waals surface area contributed by atoms with Crippen LogP contribution in [0, 0.1) is 11.8 Å². The van der Waals surface area contributed by atoms with E-state index in [1.807, 2.05) is 46.2 Å². The standard InChI is InChI=1S/C35H39N3O5/c1-42-27-10-6-9-25(19-27)28-12-11-26(21-36-33(39)31-20-30(31)23-7-4-3-5-8-23)32-22-38(18-15-29(28)32)35(41)37-16-13-24(14-17-37)34(40)43-2/h3-12,19,24,30-31H,13-18,20-22H2,1-2H3,(H,36,39)/t30-,31+/m1/s1. The van der Waals surface area contributed by atoms with E-state index in [0.29, 0.717) is 52.0 Å². The third-order valence-electron chi connectivity index (χ3n) is 9.27. The summed E-state index contributed by atoms with van der Waals surface area (Å²) in [7, 11) is 3.08. The highest BCUT2D eigenvalue weighted by molar-refractivity contribution is 5.83. The second-order valence-corrected chi connectivity index (χ2v) is 11.8. The van der Waals surface area contributed by atoms with Crippen molar-refractivity contribution in [3.8, 4) is 16.9 Å². The summed E-state index contributed by atoms with van der Waals surface area (Å²) in [6.45, 7) is 2.59. The zero-order valence-electron chi connectivity index (χ0n) is 24.9.